The first-order valence-electron chi connectivity index (χ1n) is 5.23. The Kier molecular flexibility index (Phi) is 3.18. The topological polar surface area (TPSA) is 76.2 Å². The van der Waals surface area contributed by atoms with E-state index in [0.717, 1.165) is 5.56 Å². The molecule has 1 unspecified atom stereocenters. The Morgan fingerprint density at radius 3 is 2.59 bits per heavy atom. The van der Waals surface area contributed by atoms with Crippen molar-refractivity contribution in [2.75, 3.05) is 0 Å². The van der Waals surface area contributed by atoms with E-state index in [4.69, 9.17) is 9.52 Å². The first-order valence-corrected chi connectivity index (χ1v) is 5.23. The summed E-state index contributed by atoms with van der Waals surface area (Å²) in [4.78, 5) is 10.9. The number of aliphatic carboxylic acids is 1. The summed E-state index contributed by atoms with van der Waals surface area (Å²) in [5.74, 6) is -0.507. The van der Waals surface area contributed by atoms with E-state index in [-0.39, 0.29) is 6.42 Å². The quantitative estimate of drug-likeness (QED) is 0.872. The highest BCUT2D eigenvalue weighted by Gasteiger charge is 2.22. The van der Waals surface area contributed by atoms with Gasteiger partial charge in [-0.05, 0) is 5.56 Å². The number of nitrogens with zero attached hydrogens (tertiary/aromatic N) is 2. The van der Waals surface area contributed by atoms with Gasteiger partial charge in [-0.1, -0.05) is 30.3 Å². The van der Waals surface area contributed by atoms with Crippen LogP contribution in [0, 0.1) is 6.92 Å². The van der Waals surface area contributed by atoms with E-state index in [2.05, 4.69) is 10.2 Å². The van der Waals surface area contributed by atoms with Crippen LogP contribution in [0.4, 0.5) is 0 Å². The van der Waals surface area contributed by atoms with Gasteiger partial charge in [-0.3, -0.25) is 4.79 Å². The van der Waals surface area contributed by atoms with E-state index >= 15 is 0 Å². The summed E-state index contributed by atoms with van der Waals surface area (Å²) in [5.41, 5.74) is 0.860. The molecule has 0 spiro atoms. The first kappa shape index (κ1) is 11.3. The standard InChI is InChI=1S/C12H12N2O3/c1-8-13-14-12(17-8)10(7-11(15)16)9-5-3-2-4-6-9/h2-6,10H,7H2,1H3,(H,15,16). The minimum Gasteiger partial charge on any atom is -0.481 e. The highest BCUT2D eigenvalue weighted by Crippen LogP contribution is 2.26. The van der Waals surface area contributed by atoms with Gasteiger partial charge in [0.1, 0.15) is 0 Å². The Morgan fingerprint density at radius 2 is 2.06 bits per heavy atom. The summed E-state index contributed by atoms with van der Waals surface area (Å²) in [5, 5.41) is 16.5. The molecule has 1 aromatic carbocycles. The Balaban J connectivity index is 2.35. The number of carboxylic acids is 1. The summed E-state index contributed by atoms with van der Waals surface area (Å²) in [6.07, 6.45) is -0.0638. The lowest BCUT2D eigenvalue weighted by Crippen LogP contribution is -2.08. The van der Waals surface area contributed by atoms with Crippen LogP contribution in [0.25, 0.3) is 0 Å². The van der Waals surface area contributed by atoms with Crippen molar-refractivity contribution in [3.05, 3.63) is 47.7 Å². The van der Waals surface area contributed by atoms with Crippen LogP contribution in [0.15, 0.2) is 34.7 Å². The van der Waals surface area contributed by atoms with Gasteiger partial charge in [0.2, 0.25) is 11.8 Å². The molecule has 0 aliphatic rings. The minimum atomic E-state index is -0.894. The van der Waals surface area contributed by atoms with E-state index in [1.165, 1.54) is 0 Å². The predicted octanol–water partition coefficient (Wildman–Crippen LogP) is 1.98. The Hall–Kier alpha value is -2.17. The molecule has 1 atom stereocenters. The fourth-order valence-electron chi connectivity index (χ4n) is 1.66. The molecule has 17 heavy (non-hydrogen) atoms. The summed E-state index contributed by atoms with van der Waals surface area (Å²) in [7, 11) is 0. The molecule has 0 amide bonds. The summed E-state index contributed by atoms with van der Waals surface area (Å²) in [6, 6.07) is 9.29. The van der Waals surface area contributed by atoms with E-state index in [1.54, 1.807) is 6.92 Å². The Labute approximate surface area is 98.1 Å². The molecule has 0 bridgehead atoms. The van der Waals surface area contributed by atoms with Crippen molar-refractivity contribution in [3.8, 4) is 0 Å². The number of hydrogen-bond donors (Lipinski definition) is 1. The van der Waals surface area contributed by atoms with Crippen molar-refractivity contribution in [2.45, 2.75) is 19.3 Å². The van der Waals surface area contributed by atoms with Gasteiger partial charge in [-0.15, -0.1) is 10.2 Å². The van der Waals surface area contributed by atoms with E-state index < -0.39 is 11.9 Å². The lowest BCUT2D eigenvalue weighted by molar-refractivity contribution is -0.137. The molecule has 1 N–H and O–H groups in total. The van der Waals surface area contributed by atoms with Crippen LogP contribution < -0.4 is 0 Å². The van der Waals surface area contributed by atoms with Gasteiger partial charge in [-0.2, -0.15) is 0 Å². The van der Waals surface area contributed by atoms with Gasteiger partial charge in [0.15, 0.2) is 0 Å². The van der Waals surface area contributed by atoms with Gasteiger partial charge in [0, 0.05) is 6.92 Å². The summed E-state index contributed by atoms with van der Waals surface area (Å²) < 4.78 is 5.32. The number of aryl methyl sites for hydroxylation is 1. The molecule has 0 saturated heterocycles. The third-order valence-electron chi connectivity index (χ3n) is 2.42. The zero-order chi connectivity index (χ0) is 12.3. The molecule has 0 radical (unpaired) electrons. The maximum atomic E-state index is 10.9. The van der Waals surface area contributed by atoms with Crippen LogP contribution in [0.3, 0.4) is 0 Å². The lowest BCUT2D eigenvalue weighted by atomic mass is 9.96. The second-order valence-electron chi connectivity index (χ2n) is 3.72. The molecule has 1 aromatic heterocycles. The smallest absolute Gasteiger partial charge is 0.304 e. The molecular formula is C12H12N2O3. The van der Waals surface area contributed by atoms with Gasteiger partial charge in [0.05, 0.1) is 12.3 Å². The van der Waals surface area contributed by atoms with E-state index in [9.17, 15) is 4.79 Å². The van der Waals surface area contributed by atoms with Crippen molar-refractivity contribution < 1.29 is 14.3 Å². The molecule has 0 aliphatic carbocycles. The number of aromatic nitrogens is 2. The first-order chi connectivity index (χ1) is 8.16. The third kappa shape index (κ3) is 2.69. The van der Waals surface area contributed by atoms with Crippen LogP contribution >= 0.6 is 0 Å². The highest BCUT2D eigenvalue weighted by atomic mass is 16.4. The second-order valence-corrected chi connectivity index (χ2v) is 3.72. The molecule has 88 valence electrons. The van der Waals surface area contributed by atoms with Crippen LogP contribution in [-0.2, 0) is 4.79 Å². The molecule has 2 aromatic rings. The minimum absolute atomic E-state index is 0.0638. The maximum Gasteiger partial charge on any atom is 0.304 e. The van der Waals surface area contributed by atoms with Crippen LogP contribution in [0.2, 0.25) is 0 Å². The van der Waals surface area contributed by atoms with Crippen molar-refractivity contribution in [1.82, 2.24) is 10.2 Å². The molecule has 0 aliphatic heterocycles. The third-order valence-corrected chi connectivity index (χ3v) is 2.42. The van der Waals surface area contributed by atoms with Crippen molar-refractivity contribution >= 4 is 5.97 Å². The zero-order valence-corrected chi connectivity index (χ0v) is 9.33. The predicted molar refractivity (Wildman–Crippen MR) is 59.6 cm³/mol. The van der Waals surface area contributed by atoms with Crippen LogP contribution in [0.5, 0.6) is 0 Å². The highest BCUT2D eigenvalue weighted by molar-refractivity contribution is 5.68. The summed E-state index contributed by atoms with van der Waals surface area (Å²) in [6.45, 7) is 1.68. The summed E-state index contributed by atoms with van der Waals surface area (Å²) >= 11 is 0. The van der Waals surface area contributed by atoms with Crippen molar-refractivity contribution in [2.24, 2.45) is 0 Å². The van der Waals surface area contributed by atoms with Crippen molar-refractivity contribution in [1.29, 1.82) is 0 Å². The van der Waals surface area contributed by atoms with Crippen LogP contribution in [0.1, 0.15) is 29.7 Å². The van der Waals surface area contributed by atoms with Gasteiger partial charge < -0.3 is 9.52 Å². The average molecular weight is 232 g/mol. The molecule has 0 saturated carbocycles. The number of carbonyl (C=O) groups is 1. The fourth-order valence-corrected chi connectivity index (χ4v) is 1.66. The monoisotopic (exact) mass is 232 g/mol. The zero-order valence-electron chi connectivity index (χ0n) is 9.33. The number of benzene rings is 1. The van der Waals surface area contributed by atoms with Gasteiger partial charge in [0.25, 0.3) is 0 Å². The molecule has 5 nitrogen and oxygen atoms in total. The van der Waals surface area contributed by atoms with Crippen molar-refractivity contribution in [3.63, 3.8) is 0 Å². The van der Waals surface area contributed by atoms with Gasteiger partial charge in [-0.25, -0.2) is 0 Å². The average Bonchev–Trinajstić information content (AvgIpc) is 2.73. The lowest BCUT2D eigenvalue weighted by Gasteiger charge is -2.10. The molecule has 0 fully saturated rings. The molecular weight excluding hydrogens is 220 g/mol. The number of carboxylic acid groups (broad SMARTS) is 1. The van der Waals surface area contributed by atoms with Gasteiger partial charge >= 0.3 is 5.97 Å². The van der Waals surface area contributed by atoms with E-state index in [0.29, 0.717) is 11.8 Å². The normalized spacial score (nSPS) is 12.3. The molecule has 2 rings (SSSR count). The van der Waals surface area contributed by atoms with E-state index in [1.807, 2.05) is 30.3 Å². The number of rotatable bonds is 4. The molecule has 5 heteroatoms. The largest absolute Gasteiger partial charge is 0.481 e. The van der Waals surface area contributed by atoms with Crippen LogP contribution in [-0.4, -0.2) is 21.3 Å². The SMILES string of the molecule is Cc1nnc(C(CC(=O)O)c2ccccc2)o1. The Bertz CT molecular complexity index is 507. The molecule has 1 heterocycles. The Morgan fingerprint density at radius 1 is 1.35 bits per heavy atom. The maximum absolute atomic E-state index is 10.9. The fraction of sp³-hybridized carbons (Fsp3) is 0.250. The second kappa shape index (κ2) is 4.78. The number of hydrogen-bond acceptors (Lipinski definition) is 4.